The van der Waals surface area contributed by atoms with E-state index in [1.54, 1.807) is 11.3 Å². The maximum Gasteiger partial charge on any atom is 0.187 e. The normalized spacial score (nSPS) is 11.6. The molecule has 0 bridgehead atoms. The molecule has 0 aliphatic rings. The number of hydrogen-bond donors (Lipinski definition) is 1. The van der Waals surface area contributed by atoms with Crippen molar-refractivity contribution in [3.05, 3.63) is 74.2 Å². The first-order valence-electron chi connectivity index (χ1n) is 8.08. The molecule has 130 valence electrons. The largest absolute Gasteiger partial charge is 0.332 e. The molecule has 0 unspecified atom stereocenters. The molecule has 0 saturated carbocycles. The zero-order valence-electron chi connectivity index (χ0n) is 14.4. The van der Waals surface area contributed by atoms with Crippen LogP contribution in [0.15, 0.2) is 53.0 Å². The van der Waals surface area contributed by atoms with Crippen molar-refractivity contribution in [1.82, 2.24) is 4.98 Å². The molecule has 3 rings (SSSR count). The molecule has 0 aliphatic carbocycles. The average Bonchev–Trinajstić information content (AvgIpc) is 2.92. The minimum absolute atomic E-state index is 0.00450. The highest BCUT2D eigenvalue weighted by molar-refractivity contribution is 9.10. The molecule has 0 atom stereocenters. The van der Waals surface area contributed by atoms with Gasteiger partial charge in [0.15, 0.2) is 5.13 Å². The van der Waals surface area contributed by atoms with Crippen LogP contribution in [-0.4, -0.2) is 4.98 Å². The number of benzene rings is 2. The van der Waals surface area contributed by atoms with Crippen LogP contribution >= 0.6 is 38.9 Å². The lowest BCUT2D eigenvalue weighted by molar-refractivity contribution is 0.568. The average molecular weight is 436 g/mol. The van der Waals surface area contributed by atoms with Crippen LogP contribution in [0, 0.1) is 0 Å². The molecule has 2 aromatic carbocycles. The summed E-state index contributed by atoms with van der Waals surface area (Å²) in [5, 5.41) is 5.12. The van der Waals surface area contributed by atoms with Crippen molar-refractivity contribution in [2.45, 2.75) is 32.6 Å². The summed E-state index contributed by atoms with van der Waals surface area (Å²) in [4.78, 5) is 6.17. The van der Waals surface area contributed by atoms with Crippen molar-refractivity contribution >= 4 is 49.7 Å². The Labute approximate surface area is 166 Å². The fourth-order valence-electron chi connectivity index (χ4n) is 2.59. The van der Waals surface area contributed by atoms with Crippen LogP contribution in [0.1, 0.15) is 36.9 Å². The molecule has 1 N–H and O–H groups in total. The van der Waals surface area contributed by atoms with Crippen LogP contribution in [0.25, 0.3) is 0 Å². The van der Waals surface area contributed by atoms with Gasteiger partial charge in [0, 0.05) is 31.9 Å². The fourth-order valence-corrected chi connectivity index (χ4v) is 4.34. The quantitative estimate of drug-likeness (QED) is 0.469. The topological polar surface area (TPSA) is 24.9 Å². The molecule has 3 aromatic rings. The van der Waals surface area contributed by atoms with Crippen LogP contribution < -0.4 is 5.32 Å². The maximum absolute atomic E-state index is 6.00. The number of hydrogen-bond acceptors (Lipinski definition) is 3. The Morgan fingerprint density at radius 2 is 1.84 bits per heavy atom. The summed E-state index contributed by atoms with van der Waals surface area (Å²) < 4.78 is 1.05. The van der Waals surface area contributed by atoms with Crippen LogP contribution in [0.3, 0.4) is 0 Å². The summed E-state index contributed by atoms with van der Waals surface area (Å²) in [5.74, 6) is 0. The summed E-state index contributed by atoms with van der Waals surface area (Å²) >= 11 is 11.2. The van der Waals surface area contributed by atoms with Crippen molar-refractivity contribution in [3.8, 4) is 0 Å². The maximum atomic E-state index is 6.00. The van der Waals surface area contributed by atoms with E-state index in [0.29, 0.717) is 0 Å². The molecule has 0 spiro atoms. The Kier molecular flexibility index (Phi) is 5.52. The first-order chi connectivity index (χ1) is 11.8. The van der Waals surface area contributed by atoms with E-state index >= 15 is 0 Å². The number of halogens is 2. The Morgan fingerprint density at radius 1 is 1.12 bits per heavy atom. The predicted octanol–water partition coefficient (Wildman–Crippen LogP) is 7.19. The van der Waals surface area contributed by atoms with Gasteiger partial charge >= 0.3 is 0 Å². The monoisotopic (exact) mass is 434 g/mol. The van der Waals surface area contributed by atoms with Crippen LogP contribution in [-0.2, 0) is 11.8 Å². The van der Waals surface area contributed by atoms with Crippen LogP contribution in [0.2, 0.25) is 5.02 Å². The number of rotatable bonds is 4. The minimum atomic E-state index is -0.00450. The second-order valence-electron chi connectivity index (χ2n) is 6.98. The standard InChI is InChI=1S/C20H20BrClN2S/c1-20(2,3)18-17(11-13-7-9-15(22)10-8-13)25-19(24-18)23-16-6-4-5-14(21)12-16/h4-10,12H,11H2,1-3H3,(H,23,24). The molecule has 1 heterocycles. The van der Waals surface area contributed by atoms with Gasteiger partial charge in [-0.15, -0.1) is 11.3 Å². The number of nitrogens with one attached hydrogen (secondary N) is 1. The smallest absolute Gasteiger partial charge is 0.187 e. The van der Waals surface area contributed by atoms with Crippen molar-refractivity contribution < 1.29 is 0 Å². The zero-order chi connectivity index (χ0) is 18.0. The molecule has 0 radical (unpaired) electrons. The van der Waals surface area contributed by atoms with E-state index in [9.17, 15) is 0 Å². The Bertz CT molecular complexity index is 866. The van der Waals surface area contributed by atoms with Gasteiger partial charge in [-0.3, -0.25) is 0 Å². The van der Waals surface area contributed by atoms with Crippen molar-refractivity contribution in [2.24, 2.45) is 0 Å². The van der Waals surface area contributed by atoms with Gasteiger partial charge in [0.2, 0.25) is 0 Å². The van der Waals surface area contributed by atoms with E-state index in [-0.39, 0.29) is 5.41 Å². The Hall–Kier alpha value is -1.36. The Morgan fingerprint density at radius 3 is 2.48 bits per heavy atom. The number of nitrogens with zero attached hydrogens (tertiary/aromatic N) is 1. The highest BCUT2D eigenvalue weighted by Gasteiger charge is 2.23. The third-order valence-corrected chi connectivity index (χ3v) is 5.48. The van der Waals surface area contributed by atoms with E-state index in [1.165, 1.54) is 10.4 Å². The summed E-state index contributed by atoms with van der Waals surface area (Å²) in [6, 6.07) is 16.2. The van der Waals surface area contributed by atoms with Gasteiger partial charge < -0.3 is 5.32 Å². The van der Waals surface area contributed by atoms with E-state index < -0.39 is 0 Å². The lowest BCUT2D eigenvalue weighted by Crippen LogP contribution is -2.14. The third kappa shape index (κ3) is 4.84. The number of anilines is 2. The van der Waals surface area contributed by atoms with E-state index in [1.807, 2.05) is 30.3 Å². The van der Waals surface area contributed by atoms with Gasteiger partial charge in [0.05, 0.1) is 5.69 Å². The van der Waals surface area contributed by atoms with Crippen molar-refractivity contribution in [1.29, 1.82) is 0 Å². The van der Waals surface area contributed by atoms with Gasteiger partial charge in [0.25, 0.3) is 0 Å². The zero-order valence-corrected chi connectivity index (χ0v) is 17.6. The van der Waals surface area contributed by atoms with E-state index in [4.69, 9.17) is 16.6 Å². The van der Waals surface area contributed by atoms with Gasteiger partial charge in [0.1, 0.15) is 0 Å². The highest BCUT2D eigenvalue weighted by Crippen LogP contribution is 2.35. The molecule has 5 heteroatoms. The number of thiazole rings is 1. The molecule has 0 aliphatic heterocycles. The molecule has 25 heavy (non-hydrogen) atoms. The SMILES string of the molecule is CC(C)(C)c1nc(Nc2cccc(Br)c2)sc1Cc1ccc(Cl)cc1. The molecule has 0 amide bonds. The molecular formula is C20H20BrClN2S. The minimum Gasteiger partial charge on any atom is -0.332 e. The van der Waals surface area contributed by atoms with Crippen molar-refractivity contribution in [2.75, 3.05) is 5.32 Å². The van der Waals surface area contributed by atoms with Gasteiger partial charge in [-0.1, -0.05) is 66.5 Å². The molecule has 0 saturated heterocycles. The van der Waals surface area contributed by atoms with Gasteiger partial charge in [-0.05, 0) is 35.9 Å². The third-order valence-electron chi connectivity index (χ3n) is 3.76. The second kappa shape index (κ2) is 7.48. The molecule has 1 aromatic heterocycles. The highest BCUT2D eigenvalue weighted by atomic mass is 79.9. The van der Waals surface area contributed by atoms with Crippen LogP contribution in [0.4, 0.5) is 10.8 Å². The van der Waals surface area contributed by atoms with Crippen molar-refractivity contribution in [3.63, 3.8) is 0 Å². The number of aromatic nitrogens is 1. The first-order valence-corrected chi connectivity index (χ1v) is 10.1. The predicted molar refractivity (Wildman–Crippen MR) is 112 cm³/mol. The Balaban J connectivity index is 1.91. The second-order valence-corrected chi connectivity index (χ2v) is 9.42. The summed E-state index contributed by atoms with van der Waals surface area (Å²) in [6.07, 6.45) is 0.863. The van der Waals surface area contributed by atoms with Gasteiger partial charge in [-0.25, -0.2) is 4.98 Å². The van der Waals surface area contributed by atoms with Gasteiger partial charge in [-0.2, -0.15) is 0 Å². The van der Waals surface area contributed by atoms with E-state index in [0.717, 1.165) is 32.4 Å². The summed E-state index contributed by atoms with van der Waals surface area (Å²) in [5.41, 5.74) is 3.41. The molecular weight excluding hydrogens is 416 g/mol. The summed E-state index contributed by atoms with van der Waals surface area (Å²) in [7, 11) is 0. The molecule has 2 nitrogen and oxygen atoms in total. The van der Waals surface area contributed by atoms with E-state index in [2.05, 4.69) is 60.2 Å². The molecule has 0 fully saturated rings. The first kappa shape index (κ1) is 18.4. The lowest BCUT2D eigenvalue weighted by atomic mass is 9.90. The fraction of sp³-hybridized carbons (Fsp3) is 0.250. The summed E-state index contributed by atoms with van der Waals surface area (Å²) in [6.45, 7) is 6.61. The lowest BCUT2D eigenvalue weighted by Gasteiger charge is -2.17. The van der Waals surface area contributed by atoms with Crippen LogP contribution in [0.5, 0.6) is 0 Å².